The molecule has 0 aliphatic carbocycles. The van der Waals surface area contributed by atoms with E-state index < -0.39 is 5.97 Å². The van der Waals surface area contributed by atoms with E-state index in [4.69, 9.17) is 0 Å². The third kappa shape index (κ3) is 3.26. The van der Waals surface area contributed by atoms with Gasteiger partial charge in [-0.3, -0.25) is 0 Å². The fourth-order valence-electron chi connectivity index (χ4n) is 2.59. The second-order valence-corrected chi connectivity index (χ2v) is 6.21. The molecule has 0 spiro atoms. The number of aromatic nitrogens is 1. The lowest BCUT2D eigenvalue weighted by atomic mass is 10.1. The number of halogens is 1. The molecule has 1 N–H and O–H groups in total. The van der Waals surface area contributed by atoms with Crippen LogP contribution in [-0.2, 0) is 0 Å². The lowest BCUT2D eigenvalue weighted by Crippen LogP contribution is -2.34. The number of carbonyl (C=O) groups is 1. The zero-order valence-electron chi connectivity index (χ0n) is 10.6. The second kappa shape index (κ2) is 6.06. The third-order valence-electron chi connectivity index (χ3n) is 3.48. The molecule has 0 saturated carbocycles. The summed E-state index contributed by atoms with van der Waals surface area (Å²) in [5.41, 5.74) is 0.393. The highest BCUT2D eigenvalue weighted by atomic mass is 127. The molecule has 0 bridgehead atoms. The smallest absolute Gasteiger partial charge is 0.352 e. The van der Waals surface area contributed by atoms with Gasteiger partial charge in [0.15, 0.2) is 0 Å². The van der Waals surface area contributed by atoms with Crippen molar-refractivity contribution < 1.29 is 9.90 Å². The number of hydrogen-bond acceptors (Lipinski definition) is 2. The molecule has 0 aromatic carbocycles. The molecule has 1 fully saturated rings. The van der Waals surface area contributed by atoms with Crippen LogP contribution in [0.25, 0.3) is 0 Å². The zero-order chi connectivity index (χ0) is 13.1. The van der Waals surface area contributed by atoms with Gasteiger partial charge in [0.25, 0.3) is 0 Å². The molecule has 0 amide bonds. The predicted octanol–water partition coefficient (Wildman–Crippen LogP) is 2.84. The molecule has 2 heterocycles. The van der Waals surface area contributed by atoms with Crippen molar-refractivity contribution in [1.82, 2.24) is 9.47 Å². The molecule has 1 aromatic heterocycles. The van der Waals surface area contributed by atoms with Crippen molar-refractivity contribution in [2.24, 2.45) is 0 Å². The Kier molecular flexibility index (Phi) is 4.66. The Balaban J connectivity index is 2.07. The Morgan fingerprint density at radius 3 is 2.72 bits per heavy atom. The van der Waals surface area contributed by atoms with E-state index in [0.717, 1.165) is 23.2 Å². The maximum atomic E-state index is 11.2. The number of nitrogens with zero attached hydrogens (tertiary/aromatic N) is 2. The van der Waals surface area contributed by atoms with Crippen molar-refractivity contribution in [2.45, 2.75) is 32.2 Å². The van der Waals surface area contributed by atoms with Crippen LogP contribution in [0.4, 0.5) is 0 Å². The second-order valence-electron chi connectivity index (χ2n) is 4.97. The van der Waals surface area contributed by atoms with Crippen molar-refractivity contribution >= 4 is 28.6 Å². The van der Waals surface area contributed by atoms with Gasteiger partial charge >= 0.3 is 5.97 Å². The predicted molar refractivity (Wildman–Crippen MR) is 79.1 cm³/mol. The maximum Gasteiger partial charge on any atom is 0.352 e. The molecule has 2 rings (SSSR count). The van der Waals surface area contributed by atoms with Crippen molar-refractivity contribution in [3.05, 3.63) is 21.5 Å². The molecule has 1 unspecified atom stereocenters. The minimum Gasteiger partial charge on any atom is -0.477 e. The van der Waals surface area contributed by atoms with Gasteiger partial charge in [0, 0.05) is 22.4 Å². The summed E-state index contributed by atoms with van der Waals surface area (Å²) in [5, 5.41) is 9.20. The quantitative estimate of drug-likeness (QED) is 0.838. The number of piperidine rings is 1. The fourth-order valence-corrected chi connectivity index (χ4v) is 3.18. The van der Waals surface area contributed by atoms with Gasteiger partial charge in [-0.25, -0.2) is 4.79 Å². The van der Waals surface area contributed by atoms with Gasteiger partial charge in [-0.15, -0.1) is 0 Å². The average Bonchev–Trinajstić information content (AvgIpc) is 2.73. The van der Waals surface area contributed by atoms with E-state index in [0.29, 0.717) is 5.69 Å². The van der Waals surface area contributed by atoms with Crippen LogP contribution in [0.2, 0.25) is 0 Å². The van der Waals surface area contributed by atoms with Crippen LogP contribution in [0, 0.1) is 3.57 Å². The van der Waals surface area contributed by atoms with Crippen LogP contribution in [0.5, 0.6) is 0 Å². The monoisotopic (exact) mass is 362 g/mol. The first-order valence-corrected chi connectivity index (χ1v) is 7.49. The molecule has 18 heavy (non-hydrogen) atoms. The lowest BCUT2D eigenvalue weighted by Gasteiger charge is -2.30. The van der Waals surface area contributed by atoms with E-state index in [-0.39, 0.29) is 6.04 Å². The van der Waals surface area contributed by atoms with Crippen molar-refractivity contribution in [2.75, 3.05) is 19.6 Å². The molecule has 1 aromatic rings. The summed E-state index contributed by atoms with van der Waals surface area (Å²) in [4.78, 5) is 13.6. The first-order valence-electron chi connectivity index (χ1n) is 6.41. The topological polar surface area (TPSA) is 45.5 Å². The minimum absolute atomic E-state index is 0.206. The first kappa shape index (κ1) is 13.9. The summed E-state index contributed by atoms with van der Waals surface area (Å²) in [6.45, 7) is 5.32. The van der Waals surface area contributed by atoms with Crippen LogP contribution < -0.4 is 0 Å². The Morgan fingerprint density at radius 1 is 1.44 bits per heavy atom. The summed E-state index contributed by atoms with van der Waals surface area (Å²) in [6, 6.07) is 1.94. The molecule has 1 aliphatic heterocycles. The first-order chi connectivity index (χ1) is 8.58. The number of likely N-dealkylation sites (tertiary alicyclic amines) is 1. The Labute approximate surface area is 121 Å². The van der Waals surface area contributed by atoms with E-state index in [2.05, 4.69) is 34.4 Å². The van der Waals surface area contributed by atoms with Gasteiger partial charge in [0.2, 0.25) is 0 Å². The molecule has 5 heteroatoms. The number of carboxylic acid groups (broad SMARTS) is 1. The van der Waals surface area contributed by atoms with E-state index in [1.807, 2.05) is 10.8 Å². The van der Waals surface area contributed by atoms with E-state index in [1.54, 1.807) is 6.07 Å². The maximum absolute atomic E-state index is 11.2. The standard InChI is InChI=1S/C13H19IN2O2/c1-10(8-15-5-3-2-4-6-15)16-9-11(14)7-12(16)13(17)18/h7,9-10H,2-6,8H2,1H3,(H,17,18). The number of rotatable bonds is 4. The normalized spacial score (nSPS) is 18.8. The molecule has 100 valence electrons. The van der Waals surface area contributed by atoms with Crippen LogP contribution in [0.15, 0.2) is 12.3 Å². The average molecular weight is 362 g/mol. The molecule has 0 radical (unpaired) electrons. The third-order valence-corrected chi connectivity index (χ3v) is 4.07. The SMILES string of the molecule is CC(CN1CCCCC1)n1cc(I)cc1C(=O)O. The van der Waals surface area contributed by atoms with Crippen molar-refractivity contribution in [1.29, 1.82) is 0 Å². The summed E-state index contributed by atoms with van der Waals surface area (Å²) < 4.78 is 2.87. The highest BCUT2D eigenvalue weighted by Crippen LogP contribution is 2.19. The van der Waals surface area contributed by atoms with Gasteiger partial charge < -0.3 is 14.6 Å². The summed E-state index contributed by atoms with van der Waals surface area (Å²) in [5.74, 6) is -0.844. The fraction of sp³-hybridized carbons (Fsp3) is 0.615. The minimum atomic E-state index is -0.844. The molecular formula is C13H19IN2O2. The van der Waals surface area contributed by atoms with Gasteiger partial charge in [0.1, 0.15) is 5.69 Å². The molecule has 1 aliphatic rings. The summed E-state index contributed by atoms with van der Waals surface area (Å²) in [6.07, 6.45) is 5.79. The largest absolute Gasteiger partial charge is 0.477 e. The highest BCUT2D eigenvalue weighted by Gasteiger charge is 2.19. The van der Waals surface area contributed by atoms with E-state index >= 15 is 0 Å². The Bertz CT molecular complexity index is 425. The van der Waals surface area contributed by atoms with Gasteiger partial charge in [-0.1, -0.05) is 6.42 Å². The molecule has 1 atom stereocenters. The zero-order valence-corrected chi connectivity index (χ0v) is 12.8. The van der Waals surface area contributed by atoms with Crippen molar-refractivity contribution in [3.8, 4) is 0 Å². The van der Waals surface area contributed by atoms with E-state index in [9.17, 15) is 9.90 Å². The highest BCUT2D eigenvalue weighted by molar-refractivity contribution is 14.1. The Morgan fingerprint density at radius 2 is 2.11 bits per heavy atom. The molecule has 1 saturated heterocycles. The number of hydrogen-bond donors (Lipinski definition) is 1. The number of aromatic carboxylic acids is 1. The summed E-state index contributed by atoms with van der Waals surface area (Å²) in [7, 11) is 0. The van der Waals surface area contributed by atoms with Gasteiger partial charge in [0.05, 0.1) is 0 Å². The Hall–Kier alpha value is -0.560. The molecule has 4 nitrogen and oxygen atoms in total. The summed E-state index contributed by atoms with van der Waals surface area (Å²) >= 11 is 2.17. The van der Waals surface area contributed by atoms with Crippen LogP contribution in [-0.4, -0.2) is 40.2 Å². The number of carboxylic acids is 1. The lowest BCUT2D eigenvalue weighted by molar-refractivity contribution is 0.0681. The van der Waals surface area contributed by atoms with Crippen LogP contribution in [0.3, 0.4) is 0 Å². The van der Waals surface area contributed by atoms with Crippen LogP contribution >= 0.6 is 22.6 Å². The van der Waals surface area contributed by atoms with E-state index in [1.165, 1.54) is 19.3 Å². The van der Waals surface area contributed by atoms with Gasteiger partial charge in [-0.2, -0.15) is 0 Å². The van der Waals surface area contributed by atoms with Gasteiger partial charge in [-0.05, 0) is 61.5 Å². The molecular weight excluding hydrogens is 343 g/mol. The van der Waals surface area contributed by atoms with Crippen LogP contribution in [0.1, 0.15) is 42.7 Å². The van der Waals surface area contributed by atoms with Crippen molar-refractivity contribution in [3.63, 3.8) is 0 Å².